The van der Waals surface area contributed by atoms with Crippen molar-refractivity contribution in [2.24, 2.45) is 0 Å². The van der Waals surface area contributed by atoms with E-state index in [1.54, 1.807) is 0 Å². The van der Waals surface area contributed by atoms with Crippen molar-refractivity contribution in [2.45, 2.75) is 0 Å². The summed E-state index contributed by atoms with van der Waals surface area (Å²) in [4.78, 5) is 25.5. The van der Waals surface area contributed by atoms with Gasteiger partial charge in [0.2, 0.25) is 0 Å². The Balaban J connectivity index is 2.71. The van der Waals surface area contributed by atoms with Crippen molar-refractivity contribution in [3.8, 4) is 0 Å². The minimum absolute atomic E-state index is 0.0187. The fourth-order valence-corrected chi connectivity index (χ4v) is 3.76. The summed E-state index contributed by atoms with van der Waals surface area (Å²) in [5.41, 5.74) is 0.220. The van der Waals surface area contributed by atoms with E-state index in [0.717, 1.165) is 6.07 Å². The molecule has 0 atom stereocenters. The second-order valence-corrected chi connectivity index (χ2v) is 6.56. The Morgan fingerprint density at radius 2 is 1.92 bits per heavy atom. The molecule has 1 aliphatic rings. The molecule has 0 bridgehead atoms. The number of hydrogen-bond acceptors (Lipinski definition) is 6. The standard InChI is InChI=1S/C14H11Br2ClFNO5/c1-22-13(20)6-4-24-5-19(11(6)14(21)23-2)12-7(15)3-8(18)10(17)9(12)16/h3H,4-5H2,1-2H3. The van der Waals surface area contributed by atoms with Gasteiger partial charge in [0.25, 0.3) is 0 Å². The van der Waals surface area contributed by atoms with E-state index in [1.807, 2.05) is 0 Å². The van der Waals surface area contributed by atoms with Crippen LogP contribution in [0.1, 0.15) is 0 Å². The average Bonchev–Trinajstić information content (AvgIpc) is 2.58. The molecule has 10 heteroatoms. The highest BCUT2D eigenvalue weighted by molar-refractivity contribution is 9.11. The van der Waals surface area contributed by atoms with Crippen LogP contribution in [-0.2, 0) is 23.8 Å². The Bertz CT molecular complexity index is 740. The van der Waals surface area contributed by atoms with Gasteiger partial charge in [-0.3, -0.25) is 0 Å². The predicted octanol–water partition coefficient (Wildman–Crippen LogP) is 3.40. The van der Waals surface area contributed by atoms with Crippen molar-refractivity contribution in [3.63, 3.8) is 0 Å². The van der Waals surface area contributed by atoms with Crippen molar-refractivity contribution in [1.82, 2.24) is 0 Å². The number of ether oxygens (including phenoxy) is 3. The van der Waals surface area contributed by atoms with Crippen LogP contribution in [0.4, 0.5) is 10.1 Å². The van der Waals surface area contributed by atoms with Gasteiger partial charge in [0.15, 0.2) is 0 Å². The molecule has 1 heterocycles. The van der Waals surface area contributed by atoms with Crippen LogP contribution in [0.2, 0.25) is 5.02 Å². The van der Waals surface area contributed by atoms with Crippen LogP contribution < -0.4 is 4.90 Å². The maximum absolute atomic E-state index is 13.7. The monoisotopic (exact) mass is 485 g/mol. The average molecular weight is 488 g/mol. The lowest BCUT2D eigenvalue weighted by Gasteiger charge is -2.32. The molecule has 0 fully saturated rings. The maximum Gasteiger partial charge on any atom is 0.355 e. The van der Waals surface area contributed by atoms with E-state index in [0.29, 0.717) is 10.2 Å². The largest absolute Gasteiger partial charge is 0.466 e. The van der Waals surface area contributed by atoms with Crippen LogP contribution in [0.3, 0.4) is 0 Å². The second kappa shape index (κ2) is 7.81. The number of carbonyl (C=O) groups is 2. The molecule has 0 aromatic heterocycles. The number of halogens is 4. The van der Waals surface area contributed by atoms with Crippen LogP contribution >= 0.6 is 43.5 Å². The highest BCUT2D eigenvalue weighted by Crippen LogP contribution is 2.43. The number of esters is 2. The lowest BCUT2D eigenvalue weighted by molar-refractivity contribution is -0.140. The molecule has 0 aliphatic carbocycles. The van der Waals surface area contributed by atoms with E-state index >= 15 is 0 Å². The maximum atomic E-state index is 13.7. The summed E-state index contributed by atoms with van der Waals surface area (Å²) >= 11 is 12.4. The van der Waals surface area contributed by atoms with E-state index in [-0.39, 0.29) is 34.1 Å². The molecule has 1 aromatic rings. The van der Waals surface area contributed by atoms with Crippen LogP contribution in [0, 0.1) is 5.82 Å². The lowest BCUT2D eigenvalue weighted by atomic mass is 10.1. The zero-order valence-electron chi connectivity index (χ0n) is 12.5. The van der Waals surface area contributed by atoms with E-state index in [2.05, 4.69) is 36.6 Å². The van der Waals surface area contributed by atoms with E-state index in [9.17, 15) is 14.0 Å². The zero-order chi connectivity index (χ0) is 18.0. The molecule has 1 aliphatic heterocycles. The first kappa shape index (κ1) is 19.2. The summed E-state index contributed by atoms with van der Waals surface area (Å²) < 4.78 is 29.0. The van der Waals surface area contributed by atoms with Crippen molar-refractivity contribution in [1.29, 1.82) is 0 Å². The van der Waals surface area contributed by atoms with Gasteiger partial charge in [-0.15, -0.1) is 0 Å². The molecule has 0 spiro atoms. The van der Waals surface area contributed by atoms with Crippen molar-refractivity contribution in [2.75, 3.05) is 32.5 Å². The van der Waals surface area contributed by atoms with Crippen LogP contribution in [0.15, 0.2) is 26.3 Å². The molecule has 0 saturated heterocycles. The molecule has 0 amide bonds. The van der Waals surface area contributed by atoms with Crippen molar-refractivity contribution < 1.29 is 28.2 Å². The fraction of sp³-hybridized carbons (Fsp3) is 0.286. The molecule has 24 heavy (non-hydrogen) atoms. The molecule has 0 N–H and O–H groups in total. The van der Waals surface area contributed by atoms with E-state index in [1.165, 1.54) is 19.1 Å². The van der Waals surface area contributed by atoms with Gasteiger partial charge < -0.3 is 19.1 Å². The molecular weight excluding hydrogens is 476 g/mol. The summed E-state index contributed by atoms with van der Waals surface area (Å²) in [5, 5.41) is -0.178. The summed E-state index contributed by atoms with van der Waals surface area (Å²) in [6.07, 6.45) is 0. The molecule has 0 radical (unpaired) electrons. The quantitative estimate of drug-likeness (QED) is 0.370. The third-order valence-electron chi connectivity index (χ3n) is 3.19. The van der Waals surface area contributed by atoms with Gasteiger partial charge in [-0.2, -0.15) is 0 Å². The normalized spacial score (nSPS) is 14.7. The first-order chi connectivity index (χ1) is 11.3. The van der Waals surface area contributed by atoms with Gasteiger partial charge in [0.05, 0.1) is 41.6 Å². The molecule has 0 unspecified atom stereocenters. The lowest BCUT2D eigenvalue weighted by Crippen LogP contribution is -2.39. The minimum Gasteiger partial charge on any atom is -0.466 e. The Kier molecular flexibility index (Phi) is 6.24. The van der Waals surface area contributed by atoms with E-state index < -0.39 is 17.8 Å². The van der Waals surface area contributed by atoms with Gasteiger partial charge in [-0.05, 0) is 37.9 Å². The van der Waals surface area contributed by atoms with Gasteiger partial charge in [-0.1, -0.05) is 11.6 Å². The number of anilines is 1. The number of benzene rings is 1. The summed E-state index contributed by atoms with van der Waals surface area (Å²) in [5.74, 6) is -2.16. The predicted molar refractivity (Wildman–Crippen MR) is 91.2 cm³/mol. The van der Waals surface area contributed by atoms with Crippen LogP contribution in [0.5, 0.6) is 0 Å². The highest BCUT2D eigenvalue weighted by Gasteiger charge is 2.34. The van der Waals surface area contributed by atoms with Gasteiger partial charge in [0.1, 0.15) is 18.2 Å². The number of methoxy groups -OCH3 is 2. The van der Waals surface area contributed by atoms with Crippen LogP contribution in [0.25, 0.3) is 0 Å². The molecule has 2 rings (SSSR count). The van der Waals surface area contributed by atoms with Gasteiger partial charge >= 0.3 is 11.9 Å². The number of nitrogens with zero attached hydrogens (tertiary/aromatic N) is 1. The molecule has 1 aromatic carbocycles. The summed E-state index contributed by atoms with van der Waals surface area (Å²) in [6, 6.07) is 1.14. The second-order valence-electron chi connectivity index (χ2n) is 4.53. The van der Waals surface area contributed by atoms with Crippen molar-refractivity contribution >= 4 is 61.1 Å². The Morgan fingerprint density at radius 3 is 2.50 bits per heavy atom. The minimum atomic E-state index is -0.766. The smallest absolute Gasteiger partial charge is 0.355 e. The van der Waals surface area contributed by atoms with Gasteiger partial charge in [-0.25, -0.2) is 14.0 Å². The number of carbonyl (C=O) groups excluding carboxylic acids is 2. The number of rotatable bonds is 3. The molecule has 6 nitrogen and oxygen atoms in total. The third kappa shape index (κ3) is 3.44. The summed E-state index contributed by atoms with van der Waals surface area (Å²) in [7, 11) is 2.36. The Hall–Kier alpha value is -1.16. The number of hydrogen-bond donors (Lipinski definition) is 0. The highest BCUT2D eigenvalue weighted by atomic mass is 79.9. The summed E-state index contributed by atoms with van der Waals surface area (Å²) in [6.45, 7) is -0.206. The third-order valence-corrected chi connectivity index (χ3v) is 5.17. The topological polar surface area (TPSA) is 65.1 Å². The van der Waals surface area contributed by atoms with E-state index in [4.69, 9.17) is 21.1 Å². The molecule has 0 saturated carbocycles. The zero-order valence-corrected chi connectivity index (χ0v) is 16.4. The van der Waals surface area contributed by atoms with Crippen LogP contribution in [-0.4, -0.2) is 39.5 Å². The first-order valence-electron chi connectivity index (χ1n) is 6.41. The van der Waals surface area contributed by atoms with Crippen molar-refractivity contribution in [3.05, 3.63) is 37.1 Å². The Morgan fingerprint density at radius 1 is 1.29 bits per heavy atom. The Labute approximate surface area is 158 Å². The SMILES string of the molecule is COC(=O)C1=C(C(=O)OC)N(c2c(Br)cc(F)c(Cl)c2Br)COC1. The van der Waals surface area contributed by atoms with Gasteiger partial charge in [0, 0.05) is 4.47 Å². The fourth-order valence-electron chi connectivity index (χ4n) is 2.12. The molecular formula is C14H11Br2ClFNO5. The molecule has 130 valence electrons. The first-order valence-corrected chi connectivity index (χ1v) is 8.37.